The van der Waals surface area contributed by atoms with Crippen molar-refractivity contribution in [2.75, 3.05) is 5.32 Å². The molecule has 0 aromatic carbocycles. The highest BCUT2D eigenvalue weighted by Crippen LogP contribution is 2.09. The topological polar surface area (TPSA) is 54.9 Å². The molecule has 0 saturated carbocycles. The molecule has 1 amide bonds. The van der Waals surface area contributed by atoms with Crippen LogP contribution in [0, 0.1) is 5.82 Å². The van der Waals surface area contributed by atoms with Gasteiger partial charge >= 0.3 is 0 Å². The summed E-state index contributed by atoms with van der Waals surface area (Å²) in [4.78, 5) is 19.3. The molecule has 0 aliphatic rings. The Kier molecular flexibility index (Phi) is 3.43. The van der Waals surface area contributed by atoms with E-state index in [0.29, 0.717) is 0 Å². The molecule has 2 aromatic heterocycles. The molecule has 0 saturated heterocycles. The number of hydrogen-bond acceptors (Lipinski definition) is 3. The fraction of sp³-hybridized carbons (Fsp3) is 0. The molecule has 6 heteroatoms. The standard InChI is InChI=1S/C11H7BrFN3O/c12-7-1-3-9(14-5-7)11(17)16-10-4-2-8(13)6-15-10/h1-6H,(H,15,16,17). The summed E-state index contributed by atoms with van der Waals surface area (Å²) in [6, 6.07) is 5.88. The van der Waals surface area contributed by atoms with E-state index in [1.807, 2.05) is 0 Å². The number of hydrogen-bond donors (Lipinski definition) is 1. The molecule has 0 aliphatic carbocycles. The third-order valence-corrected chi connectivity index (χ3v) is 2.40. The van der Waals surface area contributed by atoms with Crippen LogP contribution in [0.3, 0.4) is 0 Å². The molecular weight excluding hydrogens is 289 g/mol. The molecule has 0 unspecified atom stereocenters. The highest BCUT2D eigenvalue weighted by atomic mass is 79.9. The van der Waals surface area contributed by atoms with Crippen LogP contribution in [0.15, 0.2) is 41.1 Å². The van der Waals surface area contributed by atoms with E-state index in [4.69, 9.17) is 0 Å². The quantitative estimate of drug-likeness (QED) is 0.927. The Balaban J connectivity index is 2.11. The van der Waals surface area contributed by atoms with Crippen LogP contribution in [-0.4, -0.2) is 15.9 Å². The minimum atomic E-state index is -0.454. The van der Waals surface area contributed by atoms with E-state index < -0.39 is 11.7 Å². The number of nitrogens with one attached hydrogen (secondary N) is 1. The maximum absolute atomic E-state index is 12.6. The predicted molar refractivity (Wildman–Crippen MR) is 64.1 cm³/mol. The average Bonchev–Trinajstić information content (AvgIpc) is 2.33. The second-order valence-electron chi connectivity index (χ2n) is 3.18. The van der Waals surface area contributed by atoms with Crippen molar-refractivity contribution in [3.8, 4) is 0 Å². The second-order valence-corrected chi connectivity index (χ2v) is 4.09. The van der Waals surface area contributed by atoms with Crippen LogP contribution < -0.4 is 5.32 Å². The molecule has 0 aliphatic heterocycles. The summed E-state index contributed by atoms with van der Waals surface area (Å²) in [7, 11) is 0. The van der Waals surface area contributed by atoms with Crippen molar-refractivity contribution in [2.24, 2.45) is 0 Å². The van der Waals surface area contributed by atoms with Gasteiger partial charge in [0, 0.05) is 10.7 Å². The first kappa shape index (κ1) is 11.7. The Hall–Kier alpha value is -1.82. The third-order valence-electron chi connectivity index (χ3n) is 1.93. The molecule has 2 rings (SSSR count). The largest absolute Gasteiger partial charge is 0.305 e. The lowest BCUT2D eigenvalue weighted by Gasteiger charge is -2.03. The molecule has 86 valence electrons. The van der Waals surface area contributed by atoms with Gasteiger partial charge < -0.3 is 5.32 Å². The highest BCUT2D eigenvalue weighted by Gasteiger charge is 2.07. The molecule has 2 aromatic rings. The first-order chi connectivity index (χ1) is 8.15. The SMILES string of the molecule is O=C(Nc1ccc(F)cn1)c1ccc(Br)cn1. The van der Waals surface area contributed by atoms with Crippen LogP contribution in [0.1, 0.15) is 10.5 Å². The van der Waals surface area contributed by atoms with Gasteiger partial charge in [0.2, 0.25) is 0 Å². The number of halogens is 2. The first-order valence-corrected chi connectivity index (χ1v) is 5.49. The van der Waals surface area contributed by atoms with Crippen LogP contribution in [0.5, 0.6) is 0 Å². The molecule has 1 N–H and O–H groups in total. The van der Waals surface area contributed by atoms with Crippen molar-refractivity contribution in [1.29, 1.82) is 0 Å². The van der Waals surface area contributed by atoms with E-state index in [0.717, 1.165) is 10.7 Å². The Morgan fingerprint density at radius 2 is 2.00 bits per heavy atom. The van der Waals surface area contributed by atoms with Gasteiger partial charge in [0.15, 0.2) is 0 Å². The normalized spacial score (nSPS) is 10.0. The zero-order valence-electron chi connectivity index (χ0n) is 8.52. The highest BCUT2D eigenvalue weighted by molar-refractivity contribution is 9.10. The summed E-state index contributed by atoms with van der Waals surface area (Å²) in [5.41, 5.74) is 0.263. The van der Waals surface area contributed by atoms with Gasteiger partial charge in [0.25, 0.3) is 5.91 Å². The van der Waals surface area contributed by atoms with E-state index in [2.05, 4.69) is 31.2 Å². The fourth-order valence-corrected chi connectivity index (χ4v) is 1.37. The molecule has 17 heavy (non-hydrogen) atoms. The summed E-state index contributed by atoms with van der Waals surface area (Å²) < 4.78 is 13.4. The van der Waals surface area contributed by atoms with Crippen molar-refractivity contribution in [3.63, 3.8) is 0 Å². The van der Waals surface area contributed by atoms with Crippen molar-refractivity contribution >= 4 is 27.7 Å². The summed E-state index contributed by atoms with van der Waals surface area (Å²) in [5.74, 6) is -0.567. The smallest absolute Gasteiger partial charge is 0.275 e. The van der Waals surface area contributed by atoms with Crippen molar-refractivity contribution in [2.45, 2.75) is 0 Å². The maximum atomic E-state index is 12.6. The van der Waals surface area contributed by atoms with E-state index in [9.17, 15) is 9.18 Å². The maximum Gasteiger partial charge on any atom is 0.275 e. The Morgan fingerprint density at radius 3 is 2.59 bits per heavy atom. The lowest BCUT2D eigenvalue weighted by molar-refractivity contribution is 0.102. The number of carbonyl (C=O) groups is 1. The lowest BCUT2D eigenvalue weighted by atomic mass is 10.3. The number of rotatable bonds is 2. The first-order valence-electron chi connectivity index (χ1n) is 4.69. The van der Waals surface area contributed by atoms with E-state index in [1.54, 1.807) is 12.1 Å². The zero-order valence-corrected chi connectivity index (χ0v) is 10.1. The number of anilines is 1. The Morgan fingerprint density at radius 1 is 1.18 bits per heavy atom. The Labute approximate surface area is 105 Å². The van der Waals surface area contributed by atoms with Gasteiger partial charge in [-0.3, -0.25) is 4.79 Å². The van der Waals surface area contributed by atoms with Crippen LogP contribution in [0.25, 0.3) is 0 Å². The molecule has 4 nitrogen and oxygen atoms in total. The number of amides is 1. The summed E-state index contributed by atoms with van der Waals surface area (Å²) in [5, 5.41) is 2.51. The van der Waals surface area contributed by atoms with Crippen LogP contribution in [-0.2, 0) is 0 Å². The van der Waals surface area contributed by atoms with Gasteiger partial charge in [-0.25, -0.2) is 14.4 Å². The average molecular weight is 296 g/mol. The van der Waals surface area contributed by atoms with Crippen molar-refractivity contribution < 1.29 is 9.18 Å². The molecule has 0 bridgehead atoms. The fourth-order valence-electron chi connectivity index (χ4n) is 1.14. The zero-order chi connectivity index (χ0) is 12.3. The van der Waals surface area contributed by atoms with E-state index in [1.165, 1.54) is 18.3 Å². The molecule has 0 fully saturated rings. The van der Waals surface area contributed by atoms with Crippen LogP contribution in [0.4, 0.5) is 10.2 Å². The summed E-state index contributed by atoms with van der Waals surface area (Å²) >= 11 is 3.22. The minimum absolute atomic E-state index is 0.263. The van der Waals surface area contributed by atoms with Crippen LogP contribution >= 0.6 is 15.9 Å². The third kappa shape index (κ3) is 3.07. The van der Waals surface area contributed by atoms with E-state index in [-0.39, 0.29) is 11.5 Å². The number of pyridine rings is 2. The minimum Gasteiger partial charge on any atom is -0.305 e. The second kappa shape index (κ2) is 5.01. The van der Waals surface area contributed by atoms with Crippen molar-refractivity contribution in [1.82, 2.24) is 9.97 Å². The van der Waals surface area contributed by atoms with Gasteiger partial charge in [-0.2, -0.15) is 0 Å². The van der Waals surface area contributed by atoms with Gasteiger partial charge in [-0.05, 0) is 40.2 Å². The molecule has 0 atom stereocenters. The van der Waals surface area contributed by atoms with Crippen molar-refractivity contribution in [3.05, 3.63) is 52.6 Å². The molecule has 0 radical (unpaired) electrons. The molecule has 0 spiro atoms. The summed E-state index contributed by atoms with van der Waals surface area (Å²) in [6.45, 7) is 0. The van der Waals surface area contributed by atoms with E-state index >= 15 is 0 Å². The van der Waals surface area contributed by atoms with Gasteiger partial charge in [-0.15, -0.1) is 0 Å². The monoisotopic (exact) mass is 295 g/mol. The predicted octanol–water partition coefficient (Wildman–Crippen LogP) is 2.63. The molecular formula is C11H7BrFN3O. The van der Waals surface area contributed by atoms with Crippen LogP contribution in [0.2, 0.25) is 0 Å². The number of carbonyl (C=O) groups excluding carboxylic acids is 1. The van der Waals surface area contributed by atoms with Gasteiger partial charge in [-0.1, -0.05) is 0 Å². The Bertz CT molecular complexity index is 527. The summed E-state index contributed by atoms with van der Waals surface area (Å²) in [6.07, 6.45) is 2.55. The lowest BCUT2D eigenvalue weighted by Crippen LogP contribution is -2.14. The molecule has 2 heterocycles. The number of aromatic nitrogens is 2. The van der Waals surface area contributed by atoms with Gasteiger partial charge in [0.05, 0.1) is 6.20 Å². The van der Waals surface area contributed by atoms with Gasteiger partial charge in [0.1, 0.15) is 17.3 Å². The number of nitrogens with zero attached hydrogens (tertiary/aromatic N) is 2.